The fourth-order valence-corrected chi connectivity index (χ4v) is 2.65. The number of amides is 1. The standard InChI is InChI=1S/C16H17ClN6O.CH2O2/c1-10-15(22(3)9-19-10)16-20-13(8-14(24)18-2)21-23(16)12-6-4-5-11(17)7-12;2-1-3/h4-7,9H,8H2,1-3H3,(H,18,24);1H,(H,2,3). The van der Waals surface area contributed by atoms with E-state index in [0.717, 1.165) is 17.1 Å². The van der Waals surface area contributed by atoms with Gasteiger partial charge in [-0.05, 0) is 25.1 Å². The van der Waals surface area contributed by atoms with Gasteiger partial charge in [0.1, 0.15) is 5.69 Å². The predicted octanol–water partition coefficient (Wildman–Crippen LogP) is 1.62. The minimum absolute atomic E-state index is 0.105. The number of halogens is 1. The Hall–Kier alpha value is -3.20. The summed E-state index contributed by atoms with van der Waals surface area (Å²) in [6.07, 6.45) is 1.83. The number of hydrogen-bond donors (Lipinski definition) is 2. The first-order valence-electron chi connectivity index (χ1n) is 7.89. The van der Waals surface area contributed by atoms with E-state index in [1.54, 1.807) is 30.2 Å². The number of benzene rings is 1. The van der Waals surface area contributed by atoms with E-state index in [1.165, 1.54) is 0 Å². The monoisotopic (exact) mass is 390 g/mol. The first kappa shape index (κ1) is 20.1. The smallest absolute Gasteiger partial charge is 0.290 e. The Bertz CT molecular complexity index is 931. The lowest BCUT2D eigenvalue weighted by Crippen LogP contribution is -2.20. The van der Waals surface area contributed by atoms with Crippen LogP contribution >= 0.6 is 11.6 Å². The van der Waals surface area contributed by atoms with Gasteiger partial charge in [-0.3, -0.25) is 9.59 Å². The molecular weight excluding hydrogens is 372 g/mol. The summed E-state index contributed by atoms with van der Waals surface area (Å²) in [6, 6.07) is 7.33. The molecule has 0 aliphatic carbocycles. The van der Waals surface area contributed by atoms with Gasteiger partial charge in [0.2, 0.25) is 5.91 Å². The Morgan fingerprint density at radius 3 is 2.67 bits per heavy atom. The van der Waals surface area contributed by atoms with Gasteiger partial charge in [0.25, 0.3) is 6.47 Å². The van der Waals surface area contributed by atoms with Crippen molar-refractivity contribution in [2.75, 3.05) is 7.05 Å². The molecule has 142 valence electrons. The molecule has 1 amide bonds. The first-order valence-corrected chi connectivity index (χ1v) is 8.27. The SMILES string of the molecule is CNC(=O)Cc1nc(-c2c(C)ncn2C)n(-c2cccc(Cl)c2)n1.O=CO. The number of aromatic nitrogens is 5. The molecule has 0 radical (unpaired) electrons. The highest BCUT2D eigenvalue weighted by Crippen LogP contribution is 2.24. The number of rotatable bonds is 4. The second-order valence-electron chi connectivity index (χ2n) is 5.49. The van der Waals surface area contributed by atoms with Crippen LogP contribution in [0.2, 0.25) is 5.02 Å². The molecule has 0 atom stereocenters. The van der Waals surface area contributed by atoms with Crippen molar-refractivity contribution in [1.29, 1.82) is 0 Å². The van der Waals surface area contributed by atoms with Crippen molar-refractivity contribution in [3.63, 3.8) is 0 Å². The third-order valence-corrected chi connectivity index (χ3v) is 3.87. The maximum atomic E-state index is 11.7. The fourth-order valence-electron chi connectivity index (χ4n) is 2.47. The molecule has 2 N–H and O–H groups in total. The Morgan fingerprint density at radius 2 is 2.11 bits per heavy atom. The lowest BCUT2D eigenvalue weighted by molar-refractivity contribution is -0.123. The van der Waals surface area contributed by atoms with E-state index in [9.17, 15) is 4.79 Å². The molecule has 0 aliphatic rings. The normalized spacial score (nSPS) is 10.1. The molecule has 0 saturated carbocycles. The summed E-state index contributed by atoms with van der Waals surface area (Å²) in [5, 5.41) is 14.6. The first-order chi connectivity index (χ1) is 12.9. The molecule has 3 rings (SSSR count). The number of carboxylic acid groups (broad SMARTS) is 1. The van der Waals surface area contributed by atoms with Gasteiger partial charge >= 0.3 is 0 Å². The molecule has 1 aromatic carbocycles. The lowest BCUT2D eigenvalue weighted by atomic mass is 10.3. The van der Waals surface area contributed by atoms with Crippen LogP contribution in [-0.4, -0.2) is 48.8 Å². The van der Waals surface area contributed by atoms with Crippen LogP contribution in [0, 0.1) is 6.92 Å². The molecule has 9 nitrogen and oxygen atoms in total. The van der Waals surface area contributed by atoms with Gasteiger partial charge in [0, 0.05) is 19.1 Å². The Morgan fingerprint density at radius 1 is 1.41 bits per heavy atom. The summed E-state index contributed by atoms with van der Waals surface area (Å²) in [6.45, 7) is 1.66. The topological polar surface area (TPSA) is 115 Å². The number of carbonyl (C=O) groups excluding carboxylic acids is 1. The fraction of sp³-hybridized carbons (Fsp3) is 0.235. The maximum absolute atomic E-state index is 11.7. The molecule has 0 fully saturated rings. The number of aryl methyl sites for hydroxylation is 2. The van der Waals surface area contributed by atoms with Crippen molar-refractivity contribution >= 4 is 24.0 Å². The quantitative estimate of drug-likeness (QED) is 0.654. The van der Waals surface area contributed by atoms with E-state index in [0.29, 0.717) is 16.7 Å². The van der Waals surface area contributed by atoms with E-state index in [2.05, 4.69) is 20.4 Å². The highest BCUT2D eigenvalue weighted by atomic mass is 35.5. The zero-order chi connectivity index (χ0) is 20.0. The third kappa shape index (κ3) is 4.70. The summed E-state index contributed by atoms with van der Waals surface area (Å²) >= 11 is 6.10. The van der Waals surface area contributed by atoms with Gasteiger partial charge in [-0.2, -0.15) is 5.10 Å². The summed E-state index contributed by atoms with van der Waals surface area (Å²) in [4.78, 5) is 28.9. The van der Waals surface area contributed by atoms with E-state index < -0.39 is 0 Å². The largest absolute Gasteiger partial charge is 0.483 e. The van der Waals surface area contributed by atoms with E-state index in [1.807, 2.05) is 30.7 Å². The second-order valence-corrected chi connectivity index (χ2v) is 5.92. The van der Waals surface area contributed by atoms with Crippen LogP contribution in [0.3, 0.4) is 0 Å². The van der Waals surface area contributed by atoms with Crippen LogP contribution in [0.25, 0.3) is 17.2 Å². The Kier molecular flexibility index (Phi) is 6.67. The van der Waals surface area contributed by atoms with Gasteiger partial charge in [0.15, 0.2) is 11.6 Å². The molecule has 0 saturated heterocycles. The van der Waals surface area contributed by atoms with Crippen LogP contribution < -0.4 is 5.32 Å². The van der Waals surface area contributed by atoms with Crippen molar-refractivity contribution in [3.05, 3.63) is 47.1 Å². The van der Waals surface area contributed by atoms with Crippen molar-refractivity contribution in [1.82, 2.24) is 29.6 Å². The number of nitrogens with one attached hydrogen (secondary N) is 1. The second kappa shape index (κ2) is 8.95. The van der Waals surface area contributed by atoms with Crippen molar-refractivity contribution < 1.29 is 14.7 Å². The number of hydrogen-bond acceptors (Lipinski definition) is 5. The Labute approximate surface area is 160 Å². The van der Waals surface area contributed by atoms with Crippen LogP contribution in [0.5, 0.6) is 0 Å². The Balaban J connectivity index is 0.000000817. The van der Waals surface area contributed by atoms with Gasteiger partial charge < -0.3 is 15.0 Å². The maximum Gasteiger partial charge on any atom is 0.290 e. The van der Waals surface area contributed by atoms with Gasteiger partial charge in [-0.1, -0.05) is 17.7 Å². The number of imidazole rings is 1. The van der Waals surface area contributed by atoms with Crippen molar-refractivity contribution in [2.45, 2.75) is 13.3 Å². The zero-order valence-electron chi connectivity index (χ0n) is 15.0. The number of carbonyl (C=O) groups is 2. The molecule has 0 spiro atoms. The number of nitrogens with zero attached hydrogens (tertiary/aromatic N) is 5. The predicted molar refractivity (Wildman–Crippen MR) is 99.8 cm³/mol. The van der Waals surface area contributed by atoms with Crippen LogP contribution in [-0.2, 0) is 23.1 Å². The summed E-state index contributed by atoms with van der Waals surface area (Å²) in [7, 11) is 3.48. The van der Waals surface area contributed by atoms with Crippen LogP contribution in [0.1, 0.15) is 11.5 Å². The van der Waals surface area contributed by atoms with Gasteiger partial charge in [-0.25, -0.2) is 14.6 Å². The van der Waals surface area contributed by atoms with Crippen LogP contribution in [0.15, 0.2) is 30.6 Å². The van der Waals surface area contributed by atoms with Crippen molar-refractivity contribution in [2.24, 2.45) is 7.05 Å². The molecule has 2 aromatic heterocycles. The highest BCUT2D eigenvalue weighted by Gasteiger charge is 2.20. The third-order valence-electron chi connectivity index (χ3n) is 3.63. The molecule has 0 unspecified atom stereocenters. The highest BCUT2D eigenvalue weighted by molar-refractivity contribution is 6.30. The van der Waals surface area contributed by atoms with E-state index in [4.69, 9.17) is 21.5 Å². The minimum atomic E-state index is -0.250. The number of likely N-dealkylation sites (N-methyl/N-ethyl adjacent to an activating group) is 1. The molecule has 2 heterocycles. The average molecular weight is 391 g/mol. The summed E-state index contributed by atoms with van der Waals surface area (Å²) in [5.74, 6) is 0.908. The summed E-state index contributed by atoms with van der Waals surface area (Å²) < 4.78 is 3.57. The average Bonchev–Trinajstić information content (AvgIpc) is 3.18. The molecule has 0 bridgehead atoms. The van der Waals surface area contributed by atoms with Gasteiger partial charge in [-0.15, -0.1) is 0 Å². The van der Waals surface area contributed by atoms with E-state index >= 15 is 0 Å². The summed E-state index contributed by atoms with van der Waals surface area (Å²) in [5.41, 5.74) is 2.44. The zero-order valence-corrected chi connectivity index (χ0v) is 15.8. The van der Waals surface area contributed by atoms with E-state index in [-0.39, 0.29) is 18.8 Å². The molecule has 27 heavy (non-hydrogen) atoms. The molecule has 10 heteroatoms. The molecule has 3 aromatic rings. The minimum Gasteiger partial charge on any atom is -0.483 e. The lowest BCUT2D eigenvalue weighted by Gasteiger charge is -2.07. The van der Waals surface area contributed by atoms with Crippen LogP contribution in [0.4, 0.5) is 0 Å². The van der Waals surface area contributed by atoms with Gasteiger partial charge in [0.05, 0.1) is 24.1 Å². The van der Waals surface area contributed by atoms with Crippen molar-refractivity contribution in [3.8, 4) is 17.2 Å². The molecular formula is C17H19ClN6O3. The molecule has 0 aliphatic heterocycles.